The molecule has 1 rings (SSSR count). The quantitative estimate of drug-likeness (QED) is 0.455. The summed E-state index contributed by atoms with van der Waals surface area (Å²) in [6.07, 6.45) is 0. The van der Waals surface area contributed by atoms with Crippen LogP contribution in [0.2, 0.25) is 0 Å². The highest BCUT2D eigenvalue weighted by Gasteiger charge is 2.09. The Labute approximate surface area is 92.4 Å². The van der Waals surface area contributed by atoms with Gasteiger partial charge >= 0.3 is 0 Å². The Kier molecular flexibility index (Phi) is 4.81. The van der Waals surface area contributed by atoms with Crippen LogP contribution in [0.4, 0.5) is 10.1 Å². The first-order chi connectivity index (χ1) is 7.63. The number of nitrogens with zero attached hydrogens (tertiary/aromatic N) is 1. The van der Waals surface area contributed by atoms with Gasteiger partial charge in [0.15, 0.2) is 0 Å². The van der Waals surface area contributed by atoms with Crippen molar-refractivity contribution in [3.05, 3.63) is 39.7 Å². The number of nitro benzene ring substituents is 1. The van der Waals surface area contributed by atoms with Gasteiger partial charge in [-0.25, -0.2) is 4.39 Å². The molecule has 0 amide bonds. The van der Waals surface area contributed by atoms with Gasteiger partial charge in [-0.3, -0.25) is 10.1 Å². The molecule has 1 aromatic rings. The molecule has 1 aromatic carbocycles. The molecule has 0 aliphatic rings. The van der Waals surface area contributed by atoms with E-state index in [9.17, 15) is 14.5 Å². The van der Waals surface area contributed by atoms with Crippen LogP contribution < -0.4 is 5.32 Å². The molecule has 0 saturated carbocycles. The van der Waals surface area contributed by atoms with E-state index in [1.54, 1.807) is 7.11 Å². The van der Waals surface area contributed by atoms with Crippen LogP contribution in [0.3, 0.4) is 0 Å². The summed E-state index contributed by atoms with van der Waals surface area (Å²) in [4.78, 5) is 9.87. The summed E-state index contributed by atoms with van der Waals surface area (Å²) in [5.74, 6) is -0.599. The summed E-state index contributed by atoms with van der Waals surface area (Å²) in [6, 6.07) is 3.52. The average molecular weight is 228 g/mol. The maximum atomic E-state index is 13.0. The van der Waals surface area contributed by atoms with Crippen molar-refractivity contribution in [2.24, 2.45) is 0 Å². The van der Waals surface area contributed by atoms with Crippen molar-refractivity contribution in [1.29, 1.82) is 0 Å². The number of halogens is 1. The lowest BCUT2D eigenvalue weighted by Crippen LogP contribution is -2.18. The van der Waals surface area contributed by atoms with E-state index in [-0.39, 0.29) is 5.69 Å². The maximum absolute atomic E-state index is 13.0. The number of methoxy groups -OCH3 is 1. The predicted octanol–water partition coefficient (Wildman–Crippen LogP) is 1.47. The molecular formula is C10H13FN2O3. The Balaban J connectivity index is 2.62. The van der Waals surface area contributed by atoms with E-state index >= 15 is 0 Å². The Hall–Kier alpha value is -1.53. The second-order valence-corrected chi connectivity index (χ2v) is 3.24. The first-order valence-corrected chi connectivity index (χ1v) is 4.77. The largest absolute Gasteiger partial charge is 0.383 e. The molecule has 0 radical (unpaired) electrons. The third-order valence-electron chi connectivity index (χ3n) is 1.97. The summed E-state index contributed by atoms with van der Waals surface area (Å²) in [7, 11) is 1.58. The molecule has 6 heteroatoms. The third-order valence-corrected chi connectivity index (χ3v) is 1.97. The van der Waals surface area contributed by atoms with E-state index in [0.717, 1.165) is 6.07 Å². The summed E-state index contributed by atoms with van der Waals surface area (Å²) in [6.45, 7) is 1.53. The highest BCUT2D eigenvalue weighted by Crippen LogP contribution is 2.15. The van der Waals surface area contributed by atoms with Gasteiger partial charge in [-0.1, -0.05) is 0 Å². The molecule has 0 aromatic heterocycles. The number of nitro groups is 1. The van der Waals surface area contributed by atoms with Gasteiger partial charge in [-0.2, -0.15) is 0 Å². The molecule has 0 atom stereocenters. The molecule has 0 spiro atoms. The van der Waals surface area contributed by atoms with Crippen molar-refractivity contribution in [3.63, 3.8) is 0 Å². The van der Waals surface area contributed by atoms with E-state index in [1.165, 1.54) is 12.1 Å². The van der Waals surface area contributed by atoms with Gasteiger partial charge in [0.25, 0.3) is 5.69 Å². The van der Waals surface area contributed by atoms with Crippen LogP contribution in [0.5, 0.6) is 0 Å². The van der Waals surface area contributed by atoms with Gasteiger partial charge in [0, 0.05) is 26.3 Å². The van der Waals surface area contributed by atoms with Gasteiger partial charge in [0.1, 0.15) is 5.82 Å². The van der Waals surface area contributed by atoms with E-state index in [2.05, 4.69) is 5.32 Å². The van der Waals surface area contributed by atoms with Gasteiger partial charge in [0.2, 0.25) is 0 Å². The van der Waals surface area contributed by atoms with Crippen LogP contribution in [0.1, 0.15) is 5.56 Å². The molecule has 0 aliphatic heterocycles. The van der Waals surface area contributed by atoms with Crippen LogP contribution >= 0.6 is 0 Å². The molecule has 0 heterocycles. The molecule has 88 valence electrons. The summed E-state index contributed by atoms with van der Waals surface area (Å²) in [5, 5.41) is 13.5. The fourth-order valence-electron chi connectivity index (χ4n) is 1.25. The zero-order chi connectivity index (χ0) is 12.0. The molecule has 0 unspecified atom stereocenters. The molecule has 0 aliphatic carbocycles. The minimum atomic E-state index is -0.609. The molecular weight excluding hydrogens is 215 g/mol. The standard InChI is InChI=1S/C10H13FN2O3/c1-16-3-2-12-7-8-4-9(11)6-10(5-8)13(14)15/h4-6,12H,2-3,7H2,1H3. The second-order valence-electron chi connectivity index (χ2n) is 3.24. The summed E-state index contributed by atoms with van der Waals surface area (Å²) >= 11 is 0. The number of ether oxygens (including phenoxy) is 1. The number of non-ortho nitro benzene ring substituents is 1. The minimum absolute atomic E-state index is 0.233. The van der Waals surface area contributed by atoms with E-state index in [1.807, 2.05) is 0 Å². The smallest absolute Gasteiger partial charge is 0.272 e. The van der Waals surface area contributed by atoms with Crippen molar-refractivity contribution in [1.82, 2.24) is 5.32 Å². The normalized spacial score (nSPS) is 10.4. The Morgan fingerprint density at radius 3 is 2.88 bits per heavy atom. The Morgan fingerprint density at radius 1 is 1.50 bits per heavy atom. The number of benzene rings is 1. The van der Waals surface area contributed by atoms with Crippen LogP contribution in [0, 0.1) is 15.9 Å². The predicted molar refractivity (Wildman–Crippen MR) is 56.6 cm³/mol. The zero-order valence-corrected chi connectivity index (χ0v) is 8.90. The lowest BCUT2D eigenvalue weighted by molar-refractivity contribution is -0.385. The monoisotopic (exact) mass is 228 g/mol. The molecule has 0 fully saturated rings. The fourth-order valence-corrected chi connectivity index (χ4v) is 1.25. The third kappa shape index (κ3) is 3.92. The zero-order valence-electron chi connectivity index (χ0n) is 8.90. The maximum Gasteiger partial charge on any atom is 0.272 e. The number of rotatable bonds is 6. The van der Waals surface area contributed by atoms with Crippen LogP contribution in [-0.4, -0.2) is 25.2 Å². The van der Waals surface area contributed by atoms with Crippen molar-refractivity contribution in [2.75, 3.05) is 20.3 Å². The highest BCUT2D eigenvalue weighted by atomic mass is 19.1. The second kappa shape index (κ2) is 6.14. The fraction of sp³-hybridized carbons (Fsp3) is 0.400. The molecule has 1 N–H and O–H groups in total. The van der Waals surface area contributed by atoms with E-state index in [0.29, 0.717) is 25.3 Å². The lowest BCUT2D eigenvalue weighted by Gasteiger charge is -2.04. The highest BCUT2D eigenvalue weighted by molar-refractivity contribution is 5.35. The van der Waals surface area contributed by atoms with Crippen LogP contribution in [0.15, 0.2) is 18.2 Å². The Bertz CT molecular complexity index is 371. The van der Waals surface area contributed by atoms with Crippen molar-refractivity contribution < 1.29 is 14.1 Å². The van der Waals surface area contributed by atoms with Crippen molar-refractivity contribution >= 4 is 5.69 Å². The number of hydrogen-bond acceptors (Lipinski definition) is 4. The molecule has 0 saturated heterocycles. The summed E-state index contributed by atoms with van der Waals surface area (Å²) < 4.78 is 17.8. The minimum Gasteiger partial charge on any atom is -0.383 e. The van der Waals surface area contributed by atoms with Crippen molar-refractivity contribution in [2.45, 2.75) is 6.54 Å². The average Bonchev–Trinajstić information content (AvgIpc) is 2.23. The van der Waals surface area contributed by atoms with Gasteiger partial charge < -0.3 is 10.1 Å². The topological polar surface area (TPSA) is 64.4 Å². The number of nitrogens with one attached hydrogen (secondary N) is 1. The van der Waals surface area contributed by atoms with E-state index in [4.69, 9.17) is 4.74 Å². The first kappa shape index (κ1) is 12.5. The molecule has 0 bridgehead atoms. The van der Waals surface area contributed by atoms with E-state index < -0.39 is 10.7 Å². The number of hydrogen-bond donors (Lipinski definition) is 1. The summed E-state index contributed by atoms with van der Waals surface area (Å²) in [5.41, 5.74) is 0.311. The van der Waals surface area contributed by atoms with Crippen LogP contribution in [0.25, 0.3) is 0 Å². The Morgan fingerprint density at radius 2 is 2.25 bits per heavy atom. The van der Waals surface area contributed by atoms with Crippen LogP contribution in [-0.2, 0) is 11.3 Å². The van der Waals surface area contributed by atoms with Crippen molar-refractivity contribution in [3.8, 4) is 0 Å². The first-order valence-electron chi connectivity index (χ1n) is 4.77. The SMILES string of the molecule is COCCNCc1cc(F)cc([N+](=O)[O-])c1. The van der Waals surface area contributed by atoms with Gasteiger partial charge in [0.05, 0.1) is 17.6 Å². The van der Waals surface area contributed by atoms with Gasteiger partial charge in [-0.05, 0) is 11.6 Å². The van der Waals surface area contributed by atoms with Gasteiger partial charge in [-0.15, -0.1) is 0 Å². The molecule has 16 heavy (non-hydrogen) atoms. The molecule has 5 nitrogen and oxygen atoms in total. The lowest BCUT2D eigenvalue weighted by atomic mass is 10.2.